The molecular formula is C28H25ClN4O2S. The minimum Gasteiger partial charge on any atom is -0.368 e. The van der Waals surface area contributed by atoms with Gasteiger partial charge in [-0.3, -0.25) is 24.7 Å². The van der Waals surface area contributed by atoms with Crippen molar-refractivity contribution in [2.45, 2.75) is 6.54 Å². The molecule has 0 radical (unpaired) electrons. The summed E-state index contributed by atoms with van der Waals surface area (Å²) in [7, 11) is 0. The molecule has 2 heterocycles. The third-order valence-electron chi connectivity index (χ3n) is 6.39. The molecule has 6 nitrogen and oxygen atoms in total. The lowest BCUT2D eigenvalue weighted by atomic mass is 10.0. The zero-order chi connectivity index (χ0) is 25.1. The molecule has 3 aromatic carbocycles. The number of hydrogen-bond acceptors (Lipinski definition) is 5. The average molecular weight is 517 g/mol. The summed E-state index contributed by atoms with van der Waals surface area (Å²) in [4.78, 5) is 32.3. The first kappa shape index (κ1) is 24.2. The molecule has 2 aliphatic heterocycles. The molecule has 2 aliphatic rings. The summed E-state index contributed by atoms with van der Waals surface area (Å²) in [5.41, 5.74) is 3.70. The first-order valence-corrected chi connectivity index (χ1v) is 12.6. The maximum atomic E-state index is 13.4. The molecule has 0 aliphatic carbocycles. The molecule has 3 aromatic rings. The minimum absolute atomic E-state index is 0.0358. The van der Waals surface area contributed by atoms with E-state index < -0.39 is 11.8 Å². The van der Waals surface area contributed by atoms with Crippen molar-refractivity contribution < 1.29 is 9.59 Å². The summed E-state index contributed by atoms with van der Waals surface area (Å²) in [5.74, 6) is -0.966. The number of benzene rings is 3. The zero-order valence-corrected chi connectivity index (χ0v) is 21.1. The molecule has 2 fully saturated rings. The Hall–Kier alpha value is -3.52. The Morgan fingerprint density at radius 1 is 0.861 bits per heavy atom. The fourth-order valence-electron chi connectivity index (χ4n) is 4.52. The Kier molecular flexibility index (Phi) is 7.13. The van der Waals surface area contributed by atoms with Crippen molar-refractivity contribution in [1.29, 1.82) is 0 Å². The molecular weight excluding hydrogens is 492 g/mol. The van der Waals surface area contributed by atoms with E-state index in [2.05, 4.69) is 39.4 Å². The molecule has 0 spiro atoms. The number of amides is 2. The van der Waals surface area contributed by atoms with Crippen molar-refractivity contribution in [3.63, 3.8) is 0 Å². The van der Waals surface area contributed by atoms with Gasteiger partial charge in [0, 0.05) is 43.4 Å². The number of nitrogens with zero attached hydrogens (tertiary/aromatic N) is 3. The van der Waals surface area contributed by atoms with Crippen LogP contribution in [0.4, 0.5) is 11.4 Å². The van der Waals surface area contributed by atoms with E-state index in [1.54, 1.807) is 30.3 Å². The molecule has 182 valence electrons. The maximum Gasteiger partial charge on any atom is 0.270 e. The molecule has 0 aromatic heterocycles. The van der Waals surface area contributed by atoms with Crippen LogP contribution in [0.25, 0.3) is 6.08 Å². The van der Waals surface area contributed by atoms with E-state index in [0.29, 0.717) is 10.7 Å². The van der Waals surface area contributed by atoms with E-state index in [0.717, 1.165) is 44.0 Å². The Bertz CT molecular complexity index is 1320. The van der Waals surface area contributed by atoms with E-state index in [-0.39, 0.29) is 10.7 Å². The minimum atomic E-state index is -0.502. The van der Waals surface area contributed by atoms with E-state index in [9.17, 15) is 9.59 Å². The van der Waals surface area contributed by atoms with Crippen molar-refractivity contribution in [2.75, 3.05) is 36.0 Å². The van der Waals surface area contributed by atoms with Crippen molar-refractivity contribution in [2.24, 2.45) is 0 Å². The number of halogens is 1. The number of piperazine rings is 1. The monoisotopic (exact) mass is 516 g/mol. The summed E-state index contributed by atoms with van der Waals surface area (Å²) in [6.45, 7) is 4.49. The molecule has 0 unspecified atom stereocenters. The van der Waals surface area contributed by atoms with Crippen molar-refractivity contribution in [1.82, 2.24) is 10.2 Å². The highest BCUT2D eigenvalue weighted by atomic mass is 35.5. The second-order valence-corrected chi connectivity index (χ2v) is 9.57. The van der Waals surface area contributed by atoms with Gasteiger partial charge in [-0.2, -0.15) is 0 Å². The predicted molar refractivity (Wildman–Crippen MR) is 148 cm³/mol. The fraction of sp³-hybridized carbons (Fsp3) is 0.179. The molecule has 0 bridgehead atoms. The third-order valence-corrected chi connectivity index (χ3v) is 6.92. The van der Waals surface area contributed by atoms with Crippen molar-refractivity contribution in [3.8, 4) is 0 Å². The molecule has 0 atom stereocenters. The van der Waals surface area contributed by atoms with Crippen LogP contribution in [0, 0.1) is 0 Å². The van der Waals surface area contributed by atoms with E-state index >= 15 is 0 Å². The summed E-state index contributed by atoms with van der Waals surface area (Å²) < 4.78 is 0. The SMILES string of the molecule is O=C1NC(=S)N(c2ccc(Cl)cc2)C(=O)/C1=C\c1ccccc1N1CCN(Cc2ccccc2)CC1. The van der Waals surface area contributed by atoms with Gasteiger partial charge >= 0.3 is 0 Å². The van der Waals surface area contributed by atoms with Gasteiger partial charge in [0.2, 0.25) is 0 Å². The van der Waals surface area contributed by atoms with Gasteiger partial charge in [-0.15, -0.1) is 0 Å². The van der Waals surface area contributed by atoms with E-state index in [1.807, 2.05) is 30.3 Å². The second-order valence-electron chi connectivity index (χ2n) is 8.74. The van der Waals surface area contributed by atoms with Gasteiger partial charge < -0.3 is 4.90 Å². The standard InChI is InChI=1S/C28H25ClN4O2S/c29-22-10-12-23(13-11-22)33-27(35)24(26(34)30-28(33)36)18-21-8-4-5-9-25(21)32-16-14-31(15-17-32)19-20-6-2-1-3-7-20/h1-13,18H,14-17,19H2,(H,30,34,36)/b24-18-. The quantitative estimate of drug-likeness (QED) is 0.307. The summed E-state index contributed by atoms with van der Waals surface area (Å²) in [5, 5.41) is 3.24. The van der Waals surface area contributed by atoms with Crippen LogP contribution in [-0.4, -0.2) is 48.0 Å². The number of carbonyl (C=O) groups is 2. The molecule has 5 rings (SSSR count). The maximum absolute atomic E-state index is 13.4. The third kappa shape index (κ3) is 5.18. The van der Waals surface area contributed by atoms with Crippen LogP contribution in [0.15, 0.2) is 84.4 Å². The summed E-state index contributed by atoms with van der Waals surface area (Å²) >= 11 is 11.3. The van der Waals surface area contributed by atoms with Gasteiger partial charge in [-0.05, 0) is 59.8 Å². The van der Waals surface area contributed by atoms with Gasteiger partial charge in [0.15, 0.2) is 5.11 Å². The van der Waals surface area contributed by atoms with E-state index in [1.165, 1.54) is 10.5 Å². The number of thiocarbonyl (C=S) groups is 1. The first-order valence-electron chi connectivity index (χ1n) is 11.8. The van der Waals surface area contributed by atoms with Gasteiger partial charge in [-0.1, -0.05) is 60.1 Å². The molecule has 0 saturated carbocycles. The van der Waals surface area contributed by atoms with E-state index in [4.69, 9.17) is 23.8 Å². The van der Waals surface area contributed by atoms with Crippen LogP contribution in [0.3, 0.4) is 0 Å². The van der Waals surface area contributed by atoms with Crippen molar-refractivity contribution in [3.05, 3.63) is 101 Å². The van der Waals surface area contributed by atoms with Crippen molar-refractivity contribution >= 4 is 58.2 Å². The fourth-order valence-corrected chi connectivity index (χ4v) is 4.93. The number of rotatable bonds is 5. The first-order chi connectivity index (χ1) is 17.5. The van der Waals surface area contributed by atoms with Gasteiger partial charge in [-0.25, -0.2) is 0 Å². The highest BCUT2D eigenvalue weighted by Gasteiger charge is 2.34. The zero-order valence-electron chi connectivity index (χ0n) is 19.6. The topological polar surface area (TPSA) is 55.9 Å². The highest BCUT2D eigenvalue weighted by molar-refractivity contribution is 7.80. The Morgan fingerprint density at radius 2 is 1.53 bits per heavy atom. The summed E-state index contributed by atoms with van der Waals surface area (Å²) in [6.07, 6.45) is 1.66. The molecule has 2 saturated heterocycles. The molecule has 8 heteroatoms. The number of para-hydroxylation sites is 1. The normalized spacial score (nSPS) is 18.0. The lowest BCUT2D eigenvalue weighted by molar-refractivity contribution is -0.122. The largest absolute Gasteiger partial charge is 0.368 e. The van der Waals surface area contributed by atoms with Crippen LogP contribution >= 0.6 is 23.8 Å². The van der Waals surface area contributed by atoms with Crippen LogP contribution in [0.1, 0.15) is 11.1 Å². The van der Waals surface area contributed by atoms with Gasteiger partial charge in [0.05, 0.1) is 5.69 Å². The van der Waals surface area contributed by atoms with Gasteiger partial charge in [0.25, 0.3) is 11.8 Å². The number of anilines is 2. The van der Waals surface area contributed by atoms with Crippen LogP contribution < -0.4 is 15.1 Å². The smallest absolute Gasteiger partial charge is 0.270 e. The highest BCUT2D eigenvalue weighted by Crippen LogP contribution is 2.28. The molecule has 1 N–H and O–H groups in total. The summed E-state index contributed by atoms with van der Waals surface area (Å²) in [6, 6.07) is 25.1. The van der Waals surface area contributed by atoms with Crippen LogP contribution in [-0.2, 0) is 16.1 Å². The van der Waals surface area contributed by atoms with Crippen LogP contribution in [0.5, 0.6) is 0 Å². The number of carbonyl (C=O) groups excluding carboxylic acids is 2. The Balaban J connectivity index is 1.36. The van der Waals surface area contributed by atoms with Gasteiger partial charge in [0.1, 0.15) is 5.57 Å². The Morgan fingerprint density at radius 3 is 2.25 bits per heavy atom. The predicted octanol–water partition coefficient (Wildman–Crippen LogP) is 4.49. The molecule has 36 heavy (non-hydrogen) atoms. The number of hydrogen-bond donors (Lipinski definition) is 1. The van der Waals surface area contributed by atoms with Crippen LogP contribution in [0.2, 0.25) is 5.02 Å². The second kappa shape index (κ2) is 10.6. The lowest BCUT2D eigenvalue weighted by Crippen LogP contribution is -2.54. The molecule has 2 amide bonds. The number of nitrogens with one attached hydrogen (secondary N) is 1. The average Bonchev–Trinajstić information content (AvgIpc) is 2.89. The lowest BCUT2D eigenvalue weighted by Gasteiger charge is -2.37. The Labute approximate surface area is 220 Å².